The number of fused-ring (bicyclic) bond motifs is 1. The Balaban J connectivity index is 1.42. The number of nitrogens with two attached hydrogens (primary N) is 1. The van der Waals surface area contributed by atoms with Crippen LogP contribution in [0.25, 0.3) is 22.2 Å². The van der Waals surface area contributed by atoms with Crippen LogP contribution in [-0.2, 0) is 4.79 Å². The number of likely N-dealkylation sites (tertiary alicyclic amines) is 2. The number of ether oxygens (including phenoxy) is 1. The third-order valence-electron chi connectivity index (χ3n) is 8.54. The molecule has 0 saturated carbocycles. The Morgan fingerprint density at radius 3 is 2.87 bits per heavy atom. The Kier molecular flexibility index (Phi) is 6.14. The Labute approximate surface area is 227 Å². The van der Waals surface area contributed by atoms with Crippen LogP contribution < -0.4 is 15.4 Å². The summed E-state index contributed by atoms with van der Waals surface area (Å²) in [6.45, 7) is 9.87. The number of aromatic nitrogens is 4. The number of likely N-dealkylation sites (N-methyl/N-ethyl adjacent to an activating group) is 1. The Hall–Kier alpha value is -4.17. The van der Waals surface area contributed by atoms with Crippen molar-refractivity contribution in [1.82, 2.24) is 30.0 Å². The van der Waals surface area contributed by atoms with Gasteiger partial charge in [-0.25, -0.2) is 0 Å². The van der Waals surface area contributed by atoms with Crippen molar-refractivity contribution in [3.63, 3.8) is 0 Å². The van der Waals surface area contributed by atoms with E-state index in [0.29, 0.717) is 55.2 Å². The fraction of sp³-hybridized carbons (Fsp3) is 0.464. The molecular weight excluding hydrogens is 494 g/mol. The molecule has 11 nitrogen and oxygen atoms in total. The van der Waals surface area contributed by atoms with Crippen molar-refractivity contribution < 1.29 is 9.53 Å². The Morgan fingerprint density at radius 1 is 1.33 bits per heavy atom. The molecule has 1 amide bonds. The van der Waals surface area contributed by atoms with Gasteiger partial charge in [-0.05, 0) is 57.5 Å². The standard InChI is InChI=1S/C28H33N9O2/c1-4-21(38)37-15-28(16-37)9-11-36(14-28)26-19(12-29)24(22-17(2)7-8-20-23(22)25(30)34-33-20)31-27(32-26)39-13-18-6-5-10-35(18)3/h4,7-8,18H,1,5-6,9-11,13-16H2,2-3H3,(H3,30,33,34)/t18-/m0/s1. The van der Waals surface area contributed by atoms with Gasteiger partial charge in [0.1, 0.15) is 18.2 Å². The number of aromatic amines is 1. The fourth-order valence-electron chi connectivity index (χ4n) is 6.34. The lowest BCUT2D eigenvalue weighted by Crippen LogP contribution is -2.59. The van der Waals surface area contributed by atoms with Crippen LogP contribution >= 0.6 is 0 Å². The molecule has 3 fully saturated rings. The summed E-state index contributed by atoms with van der Waals surface area (Å²) in [4.78, 5) is 27.9. The minimum Gasteiger partial charge on any atom is -0.462 e. The summed E-state index contributed by atoms with van der Waals surface area (Å²) >= 11 is 0. The first-order valence-corrected chi connectivity index (χ1v) is 13.4. The number of aryl methyl sites for hydroxylation is 1. The second-order valence-corrected chi connectivity index (χ2v) is 11.1. The van der Waals surface area contributed by atoms with E-state index in [4.69, 9.17) is 20.4 Å². The smallest absolute Gasteiger partial charge is 0.319 e. The van der Waals surface area contributed by atoms with Crippen LogP contribution in [0.4, 0.5) is 11.6 Å². The molecule has 0 aliphatic carbocycles. The minimum absolute atomic E-state index is 0.0188. The first-order chi connectivity index (χ1) is 18.8. The number of nitrogens with one attached hydrogen (secondary N) is 1. The second-order valence-electron chi connectivity index (χ2n) is 11.1. The van der Waals surface area contributed by atoms with E-state index in [1.807, 2.05) is 24.0 Å². The van der Waals surface area contributed by atoms with Crippen LogP contribution in [0.1, 0.15) is 30.4 Å². The highest BCUT2D eigenvalue weighted by Gasteiger charge is 2.49. The van der Waals surface area contributed by atoms with Crippen molar-refractivity contribution in [3.8, 4) is 23.3 Å². The third kappa shape index (κ3) is 4.25. The minimum atomic E-state index is -0.0463. The summed E-state index contributed by atoms with van der Waals surface area (Å²) in [5.74, 6) is 0.862. The van der Waals surface area contributed by atoms with Crippen molar-refractivity contribution in [2.45, 2.75) is 32.2 Å². The topological polar surface area (TPSA) is 140 Å². The van der Waals surface area contributed by atoms with Crippen molar-refractivity contribution in [2.24, 2.45) is 5.41 Å². The molecule has 6 rings (SSSR count). The van der Waals surface area contributed by atoms with E-state index in [0.717, 1.165) is 54.4 Å². The summed E-state index contributed by atoms with van der Waals surface area (Å²) < 4.78 is 6.22. The number of nitrogen functional groups attached to an aromatic ring is 1. The zero-order valence-corrected chi connectivity index (χ0v) is 22.4. The zero-order chi connectivity index (χ0) is 27.3. The van der Waals surface area contributed by atoms with E-state index in [2.05, 4.69) is 39.7 Å². The number of rotatable bonds is 6. The number of benzene rings is 1. The SMILES string of the molecule is C=CC(=O)N1CC2(CCN(c3nc(OC[C@@H]4CCCN4C)nc(-c4c(C)ccc5[nH]nc(N)c45)c3C#N)C2)C1. The summed E-state index contributed by atoms with van der Waals surface area (Å²) in [5.41, 5.74) is 9.59. The molecule has 39 heavy (non-hydrogen) atoms. The summed E-state index contributed by atoms with van der Waals surface area (Å²) in [6.07, 6.45) is 4.47. The van der Waals surface area contributed by atoms with Crippen LogP contribution in [0.3, 0.4) is 0 Å². The van der Waals surface area contributed by atoms with Gasteiger partial charge in [0.15, 0.2) is 11.6 Å². The quantitative estimate of drug-likeness (QED) is 0.463. The molecule has 3 N–H and O–H groups in total. The summed E-state index contributed by atoms with van der Waals surface area (Å²) in [7, 11) is 2.10. The van der Waals surface area contributed by atoms with E-state index in [-0.39, 0.29) is 17.3 Å². The zero-order valence-electron chi connectivity index (χ0n) is 22.4. The van der Waals surface area contributed by atoms with E-state index < -0.39 is 0 Å². The number of nitrogens with zero attached hydrogens (tertiary/aromatic N) is 7. The van der Waals surface area contributed by atoms with Crippen molar-refractivity contribution >= 4 is 28.4 Å². The molecule has 11 heteroatoms. The summed E-state index contributed by atoms with van der Waals surface area (Å²) in [5, 5.41) is 18.4. The number of amides is 1. The third-order valence-corrected chi connectivity index (χ3v) is 8.54. The van der Waals surface area contributed by atoms with Gasteiger partial charge in [-0.1, -0.05) is 12.6 Å². The molecule has 0 unspecified atom stereocenters. The van der Waals surface area contributed by atoms with Crippen molar-refractivity contribution in [2.75, 3.05) is 57.0 Å². The van der Waals surface area contributed by atoms with Gasteiger partial charge >= 0.3 is 6.01 Å². The molecule has 1 atom stereocenters. The van der Waals surface area contributed by atoms with E-state index in [1.54, 1.807) is 0 Å². The predicted molar refractivity (Wildman–Crippen MR) is 148 cm³/mol. The molecule has 0 bridgehead atoms. The highest BCUT2D eigenvalue weighted by atomic mass is 16.5. The van der Waals surface area contributed by atoms with E-state index in [1.165, 1.54) is 6.08 Å². The van der Waals surface area contributed by atoms with Gasteiger partial charge in [-0.3, -0.25) is 9.89 Å². The van der Waals surface area contributed by atoms with Crippen molar-refractivity contribution in [1.29, 1.82) is 5.26 Å². The Bertz CT molecular complexity index is 1500. The summed E-state index contributed by atoms with van der Waals surface area (Å²) in [6, 6.07) is 6.83. The van der Waals surface area contributed by atoms with Crippen molar-refractivity contribution in [3.05, 3.63) is 35.9 Å². The first kappa shape index (κ1) is 25.1. The van der Waals surface area contributed by atoms with Gasteiger partial charge in [0.2, 0.25) is 5.91 Å². The number of anilines is 2. The molecule has 3 saturated heterocycles. The largest absolute Gasteiger partial charge is 0.462 e. The lowest BCUT2D eigenvalue weighted by molar-refractivity contribution is -0.136. The second kappa shape index (κ2) is 9.54. The lowest BCUT2D eigenvalue weighted by atomic mass is 9.79. The van der Waals surface area contributed by atoms with Gasteiger partial charge < -0.3 is 25.2 Å². The predicted octanol–water partition coefficient (Wildman–Crippen LogP) is 2.48. The van der Waals surface area contributed by atoms with E-state index in [9.17, 15) is 10.1 Å². The average Bonchev–Trinajstić information content (AvgIpc) is 3.64. The maximum atomic E-state index is 12.1. The first-order valence-electron chi connectivity index (χ1n) is 13.4. The van der Waals surface area contributed by atoms with E-state index >= 15 is 0 Å². The molecule has 202 valence electrons. The number of H-pyrrole nitrogens is 1. The van der Waals surface area contributed by atoms with Crippen LogP contribution in [0, 0.1) is 23.7 Å². The van der Waals surface area contributed by atoms with Gasteiger partial charge in [0.25, 0.3) is 0 Å². The van der Waals surface area contributed by atoms with Crippen LogP contribution in [0.15, 0.2) is 24.8 Å². The molecule has 0 radical (unpaired) electrons. The maximum Gasteiger partial charge on any atom is 0.319 e. The number of nitriles is 1. The highest BCUT2D eigenvalue weighted by molar-refractivity contribution is 6.03. The number of carbonyl (C=O) groups is 1. The molecule has 1 spiro atoms. The Morgan fingerprint density at radius 2 is 2.15 bits per heavy atom. The van der Waals surface area contributed by atoms with Gasteiger partial charge in [0, 0.05) is 43.2 Å². The number of hydrogen-bond acceptors (Lipinski definition) is 9. The van der Waals surface area contributed by atoms with Crippen LogP contribution in [-0.4, -0.2) is 88.3 Å². The fourth-order valence-corrected chi connectivity index (χ4v) is 6.34. The molecule has 5 heterocycles. The molecule has 3 aliphatic heterocycles. The number of hydrogen-bond donors (Lipinski definition) is 2. The van der Waals surface area contributed by atoms with Gasteiger partial charge in [-0.15, -0.1) is 0 Å². The highest BCUT2D eigenvalue weighted by Crippen LogP contribution is 2.44. The maximum absolute atomic E-state index is 12.1. The monoisotopic (exact) mass is 527 g/mol. The molecule has 3 aliphatic rings. The lowest BCUT2D eigenvalue weighted by Gasteiger charge is -2.47. The molecule has 3 aromatic rings. The average molecular weight is 528 g/mol. The van der Waals surface area contributed by atoms with Gasteiger partial charge in [0.05, 0.1) is 16.6 Å². The molecule has 2 aromatic heterocycles. The normalized spacial score (nSPS) is 20.4. The van der Waals surface area contributed by atoms with Gasteiger partial charge in [-0.2, -0.15) is 20.3 Å². The van der Waals surface area contributed by atoms with Crippen LogP contribution in [0.5, 0.6) is 6.01 Å². The number of carbonyl (C=O) groups excluding carboxylic acids is 1. The van der Waals surface area contributed by atoms with Crippen LogP contribution in [0.2, 0.25) is 0 Å². The molecular formula is C28H33N9O2. The molecule has 1 aromatic carbocycles.